The van der Waals surface area contributed by atoms with Gasteiger partial charge in [0.15, 0.2) is 5.43 Å². The van der Waals surface area contributed by atoms with Gasteiger partial charge in [0, 0.05) is 12.3 Å². The van der Waals surface area contributed by atoms with Crippen molar-refractivity contribution in [3.8, 4) is 5.75 Å². The second-order valence-electron chi connectivity index (χ2n) is 4.07. The number of fused-ring (bicyclic) bond motifs is 1. The van der Waals surface area contributed by atoms with E-state index in [1.165, 1.54) is 30.9 Å². The lowest BCUT2D eigenvalue weighted by molar-refractivity contribution is -0.140. The molecule has 1 heterocycles. The van der Waals surface area contributed by atoms with Crippen LogP contribution in [0, 0.1) is 0 Å². The molecule has 100 valence electrons. The maximum absolute atomic E-state index is 11.9. The molecular formula is C13H12ClNO4. The van der Waals surface area contributed by atoms with E-state index >= 15 is 0 Å². The SMILES string of the molecule is COc1ccc(Cl)c2c(=O)ccn([C@H](C)C(=O)O)c12. The molecular weight excluding hydrogens is 270 g/mol. The van der Waals surface area contributed by atoms with Gasteiger partial charge in [0.2, 0.25) is 0 Å². The number of ether oxygens (including phenoxy) is 1. The highest BCUT2D eigenvalue weighted by Gasteiger charge is 2.19. The van der Waals surface area contributed by atoms with Gasteiger partial charge >= 0.3 is 5.97 Å². The number of aliphatic carboxylic acids is 1. The van der Waals surface area contributed by atoms with Crippen LogP contribution in [0.25, 0.3) is 10.9 Å². The van der Waals surface area contributed by atoms with Crippen molar-refractivity contribution in [1.82, 2.24) is 4.57 Å². The minimum Gasteiger partial charge on any atom is -0.495 e. The molecule has 1 atom stereocenters. The van der Waals surface area contributed by atoms with Gasteiger partial charge < -0.3 is 14.4 Å². The number of hydrogen-bond donors (Lipinski definition) is 1. The van der Waals surface area contributed by atoms with Crippen molar-refractivity contribution < 1.29 is 14.6 Å². The molecule has 0 saturated carbocycles. The number of benzene rings is 1. The number of rotatable bonds is 3. The first-order chi connectivity index (χ1) is 8.97. The van der Waals surface area contributed by atoms with Crippen LogP contribution in [0.15, 0.2) is 29.2 Å². The Kier molecular flexibility index (Phi) is 3.48. The molecule has 5 nitrogen and oxygen atoms in total. The molecule has 0 amide bonds. The van der Waals surface area contributed by atoms with Crippen LogP contribution in [0.1, 0.15) is 13.0 Å². The molecule has 6 heteroatoms. The molecule has 0 aliphatic rings. The van der Waals surface area contributed by atoms with Gasteiger partial charge in [-0.05, 0) is 19.1 Å². The van der Waals surface area contributed by atoms with Crippen LogP contribution in [0.4, 0.5) is 0 Å². The third-order valence-corrected chi connectivity index (χ3v) is 3.29. The summed E-state index contributed by atoms with van der Waals surface area (Å²) in [6.07, 6.45) is 1.43. The first-order valence-electron chi connectivity index (χ1n) is 5.57. The molecule has 1 aromatic carbocycles. The number of carboxylic acids is 1. The molecule has 2 rings (SSSR count). The maximum Gasteiger partial charge on any atom is 0.326 e. The lowest BCUT2D eigenvalue weighted by atomic mass is 10.1. The van der Waals surface area contributed by atoms with E-state index in [9.17, 15) is 9.59 Å². The molecule has 0 saturated heterocycles. The summed E-state index contributed by atoms with van der Waals surface area (Å²) in [7, 11) is 1.45. The Hall–Kier alpha value is -2.01. The van der Waals surface area contributed by atoms with E-state index in [0.29, 0.717) is 11.3 Å². The van der Waals surface area contributed by atoms with Crippen LogP contribution in [0.5, 0.6) is 5.75 Å². The fourth-order valence-corrected chi connectivity index (χ4v) is 2.20. The third kappa shape index (κ3) is 2.17. The Morgan fingerprint density at radius 1 is 1.42 bits per heavy atom. The van der Waals surface area contributed by atoms with E-state index in [2.05, 4.69) is 0 Å². The summed E-state index contributed by atoms with van der Waals surface area (Å²) in [5.74, 6) is -0.600. The maximum atomic E-state index is 11.9. The summed E-state index contributed by atoms with van der Waals surface area (Å²) in [4.78, 5) is 23.1. The summed E-state index contributed by atoms with van der Waals surface area (Å²) >= 11 is 6.03. The first kappa shape index (κ1) is 13.4. The molecule has 19 heavy (non-hydrogen) atoms. The minimum absolute atomic E-state index is 0.261. The number of pyridine rings is 1. The highest BCUT2D eigenvalue weighted by Crippen LogP contribution is 2.30. The first-order valence-corrected chi connectivity index (χ1v) is 5.95. The van der Waals surface area contributed by atoms with Crippen LogP contribution in [0.3, 0.4) is 0 Å². The molecule has 1 aromatic heterocycles. The number of aromatic nitrogens is 1. The second-order valence-corrected chi connectivity index (χ2v) is 4.48. The average Bonchev–Trinajstić information content (AvgIpc) is 2.38. The van der Waals surface area contributed by atoms with Gasteiger partial charge in [-0.3, -0.25) is 4.79 Å². The Balaban J connectivity index is 2.94. The van der Waals surface area contributed by atoms with Crippen LogP contribution in [0.2, 0.25) is 5.02 Å². The zero-order valence-corrected chi connectivity index (χ0v) is 11.1. The summed E-state index contributed by atoms with van der Waals surface area (Å²) in [5.41, 5.74) is 0.116. The Morgan fingerprint density at radius 2 is 2.11 bits per heavy atom. The molecule has 0 unspecified atom stereocenters. The van der Waals surface area contributed by atoms with Crippen molar-refractivity contribution in [3.05, 3.63) is 39.6 Å². The molecule has 0 radical (unpaired) electrons. The molecule has 0 aliphatic carbocycles. The third-order valence-electron chi connectivity index (χ3n) is 2.98. The van der Waals surface area contributed by atoms with Crippen molar-refractivity contribution in [2.75, 3.05) is 7.11 Å². The number of carbonyl (C=O) groups is 1. The Morgan fingerprint density at radius 3 is 2.68 bits per heavy atom. The van der Waals surface area contributed by atoms with E-state index in [1.54, 1.807) is 12.1 Å². The molecule has 0 fully saturated rings. The second kappa shape index (κ2) is 4.93. The van der Waals surface area contributed by atoms with Gasteiger partial charge in [0.25, 0.3) is 0 Å². The van der Waals surface area contributed by atoms with E-state index in [0.717, 1.165) is 0 Å². The van der Waals surface area contributed by atoms with Gasteiger partial charge in [0.1, 0.15) is 11.8 Å². The van der Waals surface area contributed by atoms with Crippen molar-refractivity contribution in [2.45, 2.75) is 13.0 Å². The lowest BCUT2D eigenvalue weighted by Gasteiger charge is -2.17. The largest absolute Gasteiger partial charge is 0.495 e. The predicted octanol–water partition coefficient (Wildman–Crippen LogP) is 2.31. The van der Waals surface area contributed by atoms with Crippen molar-refractivity contribution in [3.63, 3.8) is 0 Å². The molecule has 0 aliphatic heterocycles. The van der Waals surface area contributed by atoms with Crippen LogP contribution in [-0.2, 0) is 4.79 Å². The smallest absolute Gasteiger partial charge is 0.326 e. The topological polar surface area (TPSA) is 68.5 Å². The van der Waals surface area contributed by atoms with Crippen molar-refractivity contribution in [2.24, 2.45) is 0 Å². The van der Waals surface area contributed by atoms with E-state index in [1.807, 2.05) is 0 Å². The van der Waals surface area contributed by atoms with Gasteiger partial charge in [-0.2, -0.15) is 0 Å². The Bertz CT molecular complexity index is 708. The standard InChI is InChI=1S/C13H12ClNO4/c1-7(13(17)18)15-6-5-9(16)11-8(14)3-4-10(19-2)12(11)15/h3-7H,1-2H3,(H,17,18)/t7-/m1/s1. The van der Waals surface area contributed by atoms with Crippen molar-refractivity contribution in [1.29, 1.82) is 0 Å². The number of halogens is 1. The Labute approximate surface area is 114 Å². The monoisotopic (exact) mass is 281 g/mol. The number of nitrogens with zero attached hydrogens (tertiary/aromatic N) is 1. The van der Waals surface area contributed by atoms with Gasteiger partial charge in [-0.1, -0.05) is 11.6 Å². The molecule has 2 aromatic rings. The molecule has 0 bridgehead atoms. The summed E-state index contributed by atoms with van der Waals surface area (Å²) in [6.45, 7) is 1.52. The number of hydrogen-bond acceptors (Lipinski definition) is 3. The number of methoxy groups -OCH3 is 1. The minimum atomic E-state index is -1.01. The summed E-state index contributed by atoms with van der Waals surface area (Å²) < 4.78 is 6.66. The van der Waals surface area contributed by atoms with Crippen LogP contribution in [-0.4, -0.2) is 22.8 Å². The summed E-state index contributed by atoms with van der Waals surface area (Å²) in [6, 6.07) is 3.62. The lowest BCUT2D eigenvalue weighted by Crippen LogP contribution is -2.19. The highest BCUT2D eigenvalue weighted by atomic mass is 35.5. The van der Waals surface area contributed by atoms with Gasteiger partial charge in [-0.15, -0.1) is 0 Å². The zero-order chi connectivity index (χ0) is 14.2. The van der Waals surface area contributed by atoms with E-state index < -0.39 is 12.0 Å². The van der Waals surface area contributed by atoms with Crippen LogP contribution >= 0.6 is 11.6 Å². The normalized spacial score (nSPS) is 12.4. The highest BCUT2D eigenvalue weighted by molar-refractivity contribution is 6.35. The fraction of sp³-hybridized carbons (Fsp3) is 0.231. The van der Waals surface area contributed by atoms with E-state index in [4.69, 9.17) is 21.4 Å². The quantitative estimate of drug-likeness (QED) is 0.937. The van der Waals surface area contributed by atoms with Gasteiger partial charge in [-0.25, -0.2) is 4.79 Å². The summed E-state index contributed by atoms with van der Waals surface area (Å²) in [5, 5.41) is 9.66. The molecule has 0 spiro atoms. The van der Waals surface area contributed by atoms with Gasteiger partial charge in [0.05, 0.1) is 23.0 Å². The van der Waals surface area contributed by atoms with Crippen molar-refractivity contribution >= 4 is 28.5 Å². The molecule has 1 N–H and O–H groups in total. The van der Waals surface area contributed by atoms with E-state index in [-0.39, 0.29) is 15.8 Å². The van der Waals surface area contributed by atoms with Crippen LogP contribution < -0.4 is 10.2 Å². The predicted molar refractivity (Wildman–Crippen MR) is 72.1 cm³/mol. The average molecular weight is 282 g/mol. The zero-order valence-electron chi connectivity index (χ0n) is 10.4. The fourth-order valence-electron chi connectivity index (χ4n) is 1.95. The number of carboxylic acid groups (broad SMARTS) is 1.